The van der Waals surface area contributed by atoms with Crippen LogP contribution < -0.4 is 14.8 Å². The van der Waals surface area contributed by atoms with Crippen molar-refractivity contribution in [2.75, 3.05) is 19.5 Å². The van der Waals surface area contributed by atoms with Crippen LogP contribution in [0.1, 0.15) is 11.1 Å². The zero-order valence-corrected chi connectivity index (χ0v) is 20.6. The van der Waals surface area contributed by atoms with Crippen LogP contribution in [-0.2, 0) is 16.8 Å². The fourth-order valence-electron chi connectivity index (χ4n) is 3.11. The molecule has 0 amide bonds. The molecule has 14 heteroatoms. The zero-order valence-electron chi connectivity index (χ0n) is 19.0. The zero-order chi connectivity index (χ0) is 26.8. The van der Waals surface area contributed by atoms with E-state index in [4.69, 9.17) is 10.1 Å². The Labute approximate surface area is 205 Å². The number of anilines is 2. The summed E-state index contributed by atoms with van der Waals surface area (Å²) in [7, 11) is -11.1. The van der Waals surface area contributed by atoms with E-state index in [1.54, 1.807) is 24.3 Å². The SMILES string of the molecule is CNS(=O)(=O)N(Cc1ccc(OC)cc1)C(=N)c1ccc(Nc2ccc(S(F)(F)(F)(F)F)cc2)cc1. The largest absolute Gasteiger partial charge is 0.497 e. The predicted molar refractivity (Wildman–Crippen MR) is 131 cm³/mol. The third-order valence-corrected chi connectivity index (χ3v) is 7.60. The van der Waals surface area contributed by atoms with Gasteiger partial charge >= 0.3 is 20.4 Å². The van der Waals surface area contributed by atoms with Crippen molar-refractivity contribution in [2.24, 2.45) is 0 Å². The van der Waals surface area contributed by atoms with Gasteiger partial charge < -0.3 is 10.1 Å². The summed E-state index contributed by atoms with van der Waals surface area (Å²) in [5.41, 5.74) is 1.35. The number of amidine groups is 1. The van der Waals surface area contributed by atoms with Gasteiger partial charge in [0.05, 0.1) is 13.7 Å². The second-order valence-corrected chi connectivity index (χ2v) is 11.8. The number of rotatable bonds is 9. The highest BCUT2D eigenvalue weighted by atomic mass is 32.5. The third-order valence-electron chi connectivity index (χ3n) is 5.03. The van der Waals surface area contributed by atoms with E-state index in [1.165, 1.54) is 38.4 Å². The Morgan fingerprint density at radius 3 is 1.83 bits per heavy atom. The number of hydrogen-bond acceptors (Lipinski definition) is 5. The Morgan fingerprint density at radius 2 is 1.39 bits per heavy atom. The molecule has 0 saturated carbocycles. The molecule has 3 N–H and O–H groups in total. The molecule has 0 aliphatic carbocycles. The Morgan fingerprint density at radius 1 is 0.889 bits per heavy atom. The maximum atomic E-state index is 12.9. The molecule has 0 bridgehead atoms. The average Bonchev–Trinajstić information content (AvgIpc) is 2.82. The molecule has 0 aliphatic heterocycles. The molecule has 3 rings (SSSR count). The lowest BCUT2D eigenvalue weighted by molar-refractivity contribution is 0.364. The van der Waals surface area contributed by atoms with Crippen LogP contribution in [-0.4, -0.2) is 32.7 Å². The van der Waals surface area contributed by atoms with Gasteiger partial charge in [0.25, 0.3) is 0 Å². The van der Waals surface area contributed by atoms with Gasteiger partial charge in [0, 0.05) is 24.0 Å². The lowest BCUT2D eigenvalue weighted by atomic mass is 10.1. The van der Waals surface area contributed by atoms with Crippen LogP contribution in [0.2, 0.25) is 0 Å². The Kier molecular flexibility index (Phi) is 6.76. The van der Waals surface area contributed by atoms with Crippen molar-refractivity contribution in [1.82, 2.24) is 9.03 Å². The second kappa shape index (κ2) is 8.94. The first-order valence-electron chi connectivity index (χ1n) is 10.2. The quantitative estimate of drug-likeness (QED) is 0.164. The topological polar surface area (TPSA) is 94.5 Å². The van der Waals surface area contributed by atoms with Gasteiger partial charge in [-0.1, -0.05) is 31.6 Å². The van der Waals surface area contributed by atoms with Gasteiger partial charge in [0.15, 0.2) is 0 Å². The molecule has 0 heterocycles. The summed E-state index contributed by atoms with van der Waals surface area (Å²) < 4.78 is 97.7. The van der Waals surface area contributed by atoms with Crippen LogP contribution in [0.3, 0.4) is 0 Å². The number of halogens is 5. The van der Waals surface area contributed by atoms with E-state index in [0.717, 1.165) is 16.4 Å². The number of hydrogen-bond donors (Lipinski definition) is 3. The third kappa shape index (κ3) is 6.65. The second-order valence-electron chi connectivity index (χ2n) is 7.61. The van der Waals surface area contributed by atoms with Gasteiger partial charge in [-0.25, -0.2) is 9.03 Å². The van der Waals surface area contributed by atoms with Gasteiger partial charge in [-0.05, 0) is 66.2 Å². The average molecular weight is 551 g/mol. The highest BCUT2D eigenvalue weighted by molar-refractivity contribution is 8.45. The van der Waals surface area contributed by atoms with Crippen LogP contribution in [0.15, 0.2) is 77.7 Å². The van der Waals surface area contributed by atoms with Crippen molar-refractivity contribution in [1.29, 1.82) is 5.41 Å². The summed E-state index contributed by atoms with van der Waals surface area (Å²) in [4.78, 5) is -1.99. The molecular formula is C22H23F5N4O3S2. The van der Waals surface area contributed by atoms with Crippen LogP contribution in [0.5, 0.6) is 5.75 Å². The van der Waals surface area contributed by atoms with Gasteiger partial charge in [0.2, 0.25) is 0 Å². The molecule has 0 fully saturated rings. The summed E-state index contributed by atoms with van der Waals surface area (Å²) in [5.74, 6) is 0.259. The highest BCUT2D eigenvalue weighted by Crippen LogP contribution is 3.02. The highest BCUT2D eigenvalue weighted by Gasteiger charge is 2.65. The number of nitrogens with zero attached hydrogens (tertiary/aromatic N) is 1. The minimum Gasteiger partial charge on any atom is -0.497 e. The first-order chi connectivity index (χ1) is 16.5. The van der Waals surface area contributed by atoms with E-state index in [0.29, 0.717) is 29.1 Å². The summed E-state index contributed by atoms with van der Waals surface area (Å²) in [6, 6.07) is 14.8. The molecule has 36 heavy (non-hydrogen) atoms. The van der Waals surface area contributed by atoms with Crippen molar-refractivity contribution < 1.29 is 32.6 Å². The van der Waals surface area contributed by atoms with E-state index in [9.17, 15) is 27.8 Å². The molecule has 0 aromatic heterocycles. The van der Waals surface area contributed by atoms with Crippen molar-refractivity contribution >= 4 is 37.6 Å². The molecule has 0 spiro atoms. The summed E-state index contributed by atoms with van der Waals surface area (Å²) in [6.07, 6.45) is 0. The number of ether oxygens (including phenoxy) is 1. The van der Waals surface area contributed by atoms with Crippen LogP contribution in [0, 0.1) is 5.41 Å². The van der Waals surface area contributed by atoms with E-state index < -0.39 is 25.3 Å². The van der Waals surface area contributed by atoms with Gasteiger partial charge in [0.1, 0.15) is 16.5 Å². The maximum Gasteiger partial charge on any atom is 0.310 e. The van der Waals surface area contributed by atoms with Crippen molar-refractivity contribution in [2.45, 2.75) is 11.4 Å². The van der Waals surface area contributed by atoms with Crippen molar-refractivity contribution in [3.8, 4) is 5.75 Å². The number of nitrogens with one attached hydrogen (secondary N) is 3. The molecule has 3 aromatic rings. The Balaban J connectivity index is 1.79. The first kappa shape index (κ1) is 27.2. The summed E-state index contributed by atoms with van der Waals surface area (Å²) >= 11 is 0. The van der Waals surface area contributed by atoms with Gasteiger partial charge in [-0.2, -0.15) is 8.42 Å². The molecule has 7 nitrogen and oxygen atoms in total. The monoisotopic (exact) mass is 550 g/mol. The van der Waals surface area contributed by atoms with Crippen LogP contribution in [0.4, 0.5) is 30.8 Å². The normalized spacial score (nSPS) is 13.9. The summed E-state index contributed by atoms with van der Waals surface area (Å²) in [6.45, 7) is -0.134. The Bertz CT molecular complexity index is 1350. The Hall–Kier alpha value is -3.36. The lowest BCUT2D eigenvalue weighted by Crippen LogP contribution is -2.42. The molecule has 3 aromatic carbocycles. The number of methoxy groups -OCH3 is 1. The molecule has 0 saturated heterocycles. The molecule has 0 unspecified atom stereocenters. The van der Waals surface area contributed by atoms with Crippen molar-refractivity contribution in [3.05, 3.63) is 83.9 Å². The van der Waals surface area contributed by atoms with Crippen molar-refractivity contribution in [3.63, 3.8) is 0 Å². The molecule has 0 radical (unpaired) electrons. The predicted octanol–water partition coefficient (Wildman–Crippen LogP) is 6.39. The van der Waals surface area contributed by atoms with Crippen LogP contribution in [0.25, 0.3) is 0 Å². The standard InChI is InChI=1S/C22H23F5N4O3S2/c1-29-35(32,33)31(15-16-3-11-20(34-2)12-4-16)22(28)17-5-7-18(8-6-17)30-19-9-13-21(14-10-19)36(23,24,25,26)27/h3-14,28-30H,15H2,1-2H3. The van der Waals surface area contributed by atoms with E-state index in [-0.39, 0.29) is 23.6 Å². The fourth-order valence-corrected chi connectivity index (χ4v) is 4.64. The maximum absolute atomic E-state index is 12.9. The number of benzene rings is 3. The van der Waals surface area contributed by atoms with Gasteiger partial charge in [-0.15, -0.1) is 0 Å². The van der Waals surface area contributed by atoms with E-state index in [1.807, 2.05) is 0 Å². The van der Waals surface area contributed by atoms with Gasteiger partial charge in [-0.3, -0.25) is 5.41 Å². The van der Waals surface area contributed by atoms with Crippen LogP contribution >= 0.6 is 10.2 Å². The molecular weight excluding hydrogens is 527 g/mol. The minimum absolute atomic E-state index is 0.127. The molecule has 0 atom stereocenters. The van der Waals surface area contributed by atoms with E-state index >= 15 is 0 Å². The smallest absolute Gasteiger partial charge is 0.310 e. The summed E-state index contributed by atoms with van der Waals surface area (Å²) in [5, 5.41) is 11.2. The molecule has 0 aliphatic rings. The fraction of sp³-hybridized carbons (Fsp3) is 0.136. The first-order valence-corrected chi connectivity index (χ1v) is 13.6. The molecule has 196 valence electrons. The van der Waals surface area contributed by atoms with E-state index in [2.05, 4.69) is 10.0 Å². The lowest BCUT2D eigenvalue weighted by Gasteiger charge is -2.40. The minimum atomic E-state index is -9.76.